The lowest BCUT2D eigenvalue weighted by atomic mass is 9.91. The predicted molar refractivity (Wildman–Crippen MR) is 91.7 cm³/mol. The van der Waals surface area contributed by atoms with Crippen molar-refractivity contribution in [1.82, 2.24) is 4.98 Å². The average molecular weight is 313 g/mol. The summed E-state index contributed by atoms with van der Waals surface area (Å²) in [7, 11) is 0. The first-order valence-corrected chi connectivity index (χ1v) is 7.87. The van der Waals surface area contributed by atoms with Gasteiger partial charge < -0.3 is 11.1 Å². The van der Waals surface area contributed by atoms with Gasteiger partial charge in [0, 0.05) is 24.4 Å². The van der Waals surface area contributed by atoms with E-state index < -0.39 is 0 Å². The number of pyridine rings is 1. The zero-order valence-electron chi connectivity index (χ0n) is 13.6. The summed E-state index contributed by atoms with van der Waals surface area (Å²) in [5, 5.41) is 3.83. The number of benzene rings is 1. The second-order valence-corrected chi connectivity index (χ2v) is 6.29. The molecule has 0 saturated carbocycles. The van der Waals surface area contributed by atoms with Crippen molar-refractivity contribution in [1.29, 1.82) is 0 Å². The van der Waals surface area contributed by atoms with Gasteiger partial charge >= 0.3 is 0 Å². The Bertz CT molecular complexity index is 692. The fourth-order valence-electron chi connectivity index (χ4n) is 2.87. The molecule has 0 fully saturated rings. The number of hydrogen-bond donors (Lipinski definition) is 2. The number of nitrogens with two attached hydrogens (primary N) is 1. The van der Waals surface area contributed by atoms with Gasteiger partial charge in [0.25, 0.3) is 0 Å². The number of carbonyl (C=O) groups excluding carboxylic acids is 2. The molecule has 1 aromatic carbocycles. The number of nitrogens with zero attached hydrogens (tertiary/aromatic N) is 1. The quantitative estimate of drug-likeness (QED) is 0.823. The Labute approximate surface area is 136 Å². The van der Waals surface area contributed by atoms with Crippen LogP contribution in [0.25, 0.3) is 10.9 Å². The summed E-state index contributed by atoms with van der Waals surface area (Å²) in [6.45, 7) is 4.14. The van der Waals surface area contributed by atoms with Crippen molar-refractivity contribution < 1.29 is 9.59 Å². The van der Waals surface area contributed by atoms with E-state index >= 15 is 0 Å². The summed E-state index contributed by atoms with van der Waals surface area (Å²) >= 11 is 0. The second-order valence-electron chi connectivity index (χ2n) is 6.29. The van der Waals surface area contributed by atoms with Crippen molar-refractivity contribution in [3.63, 3.8) is 0 Å². The van der Waals surface area contributed by atoms with E-state index in [2.05, 4.69) is 24.1 Å². The first-order valence-electron chi connectivity index (χ1n) is 7.87. The summed E-state index contributed by atoms with van der Waals surface area (Å²) in [5.41, 5.74) is 6.87. The van der Waals surface area contributed by atoms with Crippen LogP contribution < -0.4 is 11.1 Å². The summed E-state index contributed by atoms with van der Waals surface area (Å²) in [4.78, 5) is 27.8. The Kier molecular flexibility index (Phi) is 5.68. The molecule has 3 N–H and O–H groups in total. The largest absolute Gasteiger partial charge is 0.370 e. The van der Waals surface area contributed by atoms with E-state index in [-0.39, 0.29) is 30.6 Å². The van der Waals surface area contributed by atoms with Gasteiger partial charge in [0.15, 0.2) is 0 Å². The molecule has 0 aliphatic rings. The van der Waals surface area contributed by atoms with E-state index in [4.69, 9.17) is 5.73 Å². The van der Waals surface area contributed by atoms with Crippen LogP contribution in [0.5, 0.6) is 0 Å². The summed E-state index contributed by atoms with van der Waals surface area (Å²) in [5.74, 6) is -0.0828. The Balaban J connectivity index is 2.08. The third kappa shape index (κ3) is 5.06. The van der Waals surface area contributed by atoms with Crippen LogP contribution in [0.4, 0.5) is 5.69 Å². The maximum absolute atomic E-state index is 12.3. The van der Waals surface area contributed by atoms with Crippen LogP contribution in [-0.4, -0.2) is 16.8 Å². The number of amides is 2. The van der Waals surface area contributed by atoms with Crippen molar-refractivity contribution in [2.24, 2.45) is 17.6 Å². The summed E-state index contributed by atoms with van der Waals surface area (Å²) in [6, 6.07) is 9.38. The lowest BCUT2D eigenvalue weighted by Gasteiger charge is -2.17. The summed E-state index contributed by atoms with van der Waals surface area (Å²) < 4.78 is 0. The van der Waals surface area contributed by atoms with Crippen LogP contribution in [0, 0.1) is 11.8 Å². The zero-order chi connectivity index (χ0) is 16.8. The number of primary amides is 1. The Morgan fingerprint density at radius 3 is 2.65 bits per heavy atom. The minimum Gasteiger partial charge on any atom is -0.370 e. The van der Waals surface area contributed by atoms with Gasteiger partial charge in [-0.1, -0.05) is 19.9 Å². The number of fused-ring (bicyclic) bond motifs is 1. The molecule has 1 heterocycles. The lowest BCUT2D eigenvalue weighted by Crippen LogP contribution is -2.23. The second kappa shape index (κ2) is 7.72. The van der Waals surface area contributed by atoms with Crippen LogP contribution >= 0.6 is 0 Å². The van der Waals surface area contributed by atoms with Gasteiger partial charge in [0.1, 0.15) is 0 Å². The van der Waals surface area contributed by atoms with E-state index in [9.17, 15) is 9.59 Å². The molecule has 0 radical (unpaired) electrons. The lowest BCUT2D eigenvalue weighted by molar-refractivity contribution is -0.120. The molecule has 1 atom stereocenters. The highest BCUT2D eigenvalue weighted by molar-refractivity contribution is 6.01. The number of aromatic nitrogens is 1. The van der Waals surface area contributed by atoms with E-state index in [1.807, 2.05) is 30.3 Å². The smallest absolute Gasteiger partial charge is 0.224 e. The first kappa shape index (κ1) is 16.9. The molecule has 5 heteroatoms. The number of carbonyl (C=O) groups is 2. The van der Waals surface area contributed by atoms with E-state index in [0.717, 1.165) is 23.0 Å². The molecule has 1 aromatic heterocycles. The summed E-state index contributed by atoms with van der Waals surface area (Å²) in [6.07, 6.45) is 3.05. The van der Waals surface area contributed by atoms with Crippen LogP contribution in [0.2, 0.25) is 0 Å². The fraction of sp³-hybridized carbons (Fsp3) is 0.389. The SMILES string of the molecule is CC(C)CC(CC(N)=O)CC(=O)Nc1cccc2ncccc12. The molecule has 1 unspecified atom stereocenters. The third-order valence-electron chi connectivity index (χ3n) is 3.69. The van der Waals surface area contributed by atoms with Crippen LogP contribution in [0.15, 0.2) is 36.5 Å². The molecule has 2 rings (SSSR count). The van der Waals surface area contributed by atoms with Crippen LogP contribution in [0.1, 0.15) is 33.1 Å². The fourth-order valence-corrected chi connectivity index (χ4v) is 2.87. The van der Waals surface area contributed by atoms with Gasteiger partial charge in [-0.05, 0) is 42.5 Å². The average Bonchev–Trinajstić information content (AvgIpc) is 2.46. The minimum atomic E-state index is -0.363. The Morgan fingerprint density at radius 2 is 1.96 bits per heavy atom. The zero-order valence-corrected chi connectivity index (χ0v) is 13.6. The number of nitrogens with one attached hydrogen (secondary N) is 1. The predicted octanol–water partition coefficient (Wildman–Crippen LogP) is 3.10. The molecule has 5 nitrogen and oxygen atoms in total. The Morgan fingerprint density at radius 1 is 1.17 bits per heavy atom. The third-order valence-corrected chi connectivity index (χ3v) is 3.69. The van der Waals surface area contributed by atoms with Gasteiger partial charge in [0.05, 0.1) is 11.2 Å². The molecule has 0 aliphatic heterocycles. The van der Waals surface area contributed by atoms with Gasteiger partial charge in [0.2, 0.25) is 11.8 Å². The van der Waals surface area contributed by atoms with Crippen molar-refractivity contribution >= 4 is 28.4 Å². The van der Waals surface area contributed by atoms with Crippen LogP contribution in [0.3, 0.4) is 0 Å². The van der Waals surface area contributed by atoms with E-state index in [0.29, 0.717) is 5.92 Å². The van der Waals surface area contributed by atoms with Crippen molar-refractivity contribution in [3.8, 4) is 0 Å². The highest BCUT2D eigenvalue weighted by Gasteiger charge is 2.18. The normalized spacial score (nSPS) is 12.3. The molecule has 2 amide bonds. The van der Waals surface area contributed by atoms with Gasteiger partial charge in [-0.15, -0.1) is 0 Å². The molecule has 0 spiro atoms. The molecule has 0 aliphatic carbocycles. The highest BCUT2D eigenvalue weighted by atomic mass is 16.2. The van der Waals surface area contributed by atoms with Crippen molar-refractivity contribution in [2.75, 3.05) is 5.32 Å². The molecular formula is C18H23N3O2. The number of hydrogen-bond acceptors (Lipinski definition) is 3. The monoisotopic (exact) mass is 313 g/mol. The molecule has 2 aromatic rings. The van der Waals surface area contributed by atoms with Gasteiger partial charge in [-0.2, -0.15) is 0 Å². The first-order chi connectivity index (χ1) is 11.0. The molecule has 122 valence electrons. The molecule has 0 bridgehead atoms. The molecular weight excluding hydrogens is 290 g/mol. The minimum absolute atomic E-state index is 0.0272. The van der Waals surface area contributed by atoms with Gasteiger partial charge in [-0.25, -0.2) is 0 Å². The van der Waals surface area contributed by atoms with E-state index in [1.54, 1.807) is 6.20 Å². The molecule has 23 heavy (non-hydrogen) atoms. The van der Waals surface area contributed by atoms with Crippen molar-refractivity contribution in [3.05, 3.63) is 36.5 Å². The van der Waals surface area contributed by atoms with E-state index in [1.165, 1.54) is 0 Å². The maximum atomic E-state index is 12.3. The van der Waals surface area contributed by atoms with Crippen molar-refractivity contribution in [2.45, 2.75) is 33.1 Å². The number of anilines is 1. The molecule has 0 saturated heterocycles. The van der Waals surface area contributed by atoms with Crippen LogP contribution in [-0.2, 0) is 9.59 Å². The maximum Gasteiger partial charge on any atom is 0.224 e. The topological polar surface area (TPSA) is 85.1 Å². The Hall–Kier alpha value is -2.43. The highest BCUT2D eigenvalue weighted by Crippen LogP contribution is 2.23. The number of rotatable bonds is 7. The standard InChI is InChI=1S/C18H23N3O2/c1-12(2)9-13(10-17(19)22)11-18(23)21-16-7-3-6-15-14(16)5-4-8-20-15/h3-8,12-13H,9-11H2,1-2H3,(H2,19,22)(H,21,23). The van der Waals surface area contributed by atoms with Gasteiger partial charge in [-0.3, -0.25) is 14.6 Å².